The van der Waals surface area contributed by atoms with E-state index in [2.05, 4.69) is 20.8 Å². The zero-order valence-corrected chi connectivity index (χ0v) is 13.3. The van der Waals surface area contributed by atoms with Gasteiger partial charge in [-0.3, -0.25) is 0 Å². The summed E-state index contributed by atoms with van der Waals surface area (Å²) in [4.78, 5) is 0. The number of rotatable bonds is 12. The molecule has 2 nitrogen and oxygen atoms in total. The molecule has 1 heterocycles. The number of aliphatic hydroxyl groups is 1. The third-order valence-corrected chi connectivity index (χ3v) is 4.68. The predicted octanol–water partition coefficient (Wildman–Crippen LogP) is 4.84. The number of hydrogen-bond acceptors (Lipinski definition) is 2. The molecule has 1 N–H and O–H groups in total. The quantitative estimate of drug-likeness (QED) is 0.407. The molecule has 2 unspecified atom stereocenters. The minimum absolute atomic E-state index is 0.118. The van der Waals surface area contributed by atoms with Crippen molar-refractivity contribution in [3.63, 3.8) is 0 Å². The summed E-state index contributed by atoms with van der Waals surface area (Å²) < 4.78 is 5.67. The molecule has 0 aromatic heterocycles. The zero-order chi connectivity index (χ0) is 14.1. The molecule has 0 aliphatic carbocycles. The van der Waals surface area contributed by atoms with Gasteiger partial charge in [-0.2, -0.15) is 0 Å². The van der Waals surface area contributed by atoms with Crippen LogP contribution in [-0.2, 0) is 4.74 Å². The standard InChI is InChI=1S/C17H34O2/c1-4-7-8-9-10-11-12-13-14-15-16(19-15)17(18,5-2)6-3/h15-16,18H,4-14H2,1-3H3. The molecule has 0 aromatic carbocycles. The van der Waals surface area contributed by atoms with Crippen LogP contribution in [-0.4, -0.2) is 22.9 Å². The van der Waals surface area contributed by atoms with Gasteiger partial charge in [-0.1, -0.05) is 72.1 Å². The Morgan fingerprint density at radius 2 is 1.37 bits per heavy atom. The van der Waals surface area contributed by atoms with Crippen molar-refractivity contribution >= 4 is 0 Å². The van der Waals surface area contributed by atoms with E-state index in [1.165, 1.54) is 51.4 Å². The first kappa shape index (κ1) is 17.0. The van der Waals surface area contributed by atoms with Crippen LogP contribution in [0.4, 0.5) is 0 Å². The van der Waals surface area contributed by atoms with E-state index < -0.39 is 5.60 Å². The molecular weight excluding hydrogens is 236 g/mol. The monoisotopic (exact) mass is 270 g/mol. The second-order valence-corrected chi connectivity index (χ2v) is 6.17. The van der Waals surface area contributed by atoms with Crippen molar-refractivity contribution in [3.05, 3.63) is 0 Å². The van der Waals surface area contributed by atoms with Gasteiger partial charge in [0.15, 0.2) is 0 Å². The highest BCUT2D eigenvalue weighted by Crippen LogP contribution is 2.39. The summed E-state index contributed by atoms with van der Waals surface area (Å²) in [6, 6.07) is 0. The van der Waals surface area contributed by atoms with Gasteiger partial charge in [0.25, 0.3) is 0 Å². The Hall–Kier alpha value is -0.0800. The molecule has 2 atom stereocenters. The van der Waals surface area contributed by atoms with E-state index in [9.17, 15) is 5.11 Å². The number of hydrogen-bond donors (Lipinski definition) is 1. The Labute approximate surface area is 119 Å². The van der Waals surface area contributed by atoms with Crippen LogP contribution < -0.4 is 0 Å². The molecule has 114 valence electrons. The molecule has 0 radical (unpaired) electrons. The maximum atomic E-state index is 10.3. The first-order valence-corrected chi connectivity index (χ1v) is 8.55. The summed E-state index contributed by atoms with van der Waals surface area (Å²) in [5.41, 5.74) is -0.565. The second-order valence-electron chi connectivity index (χ2n) is 6.17. The van der Waals surface area contributed by atoms with Crippen molar-refractivity contribution in [1.82, 2.24) is 0 Å². The second kappa shape index (κ2) is 8.97. The summed E-state index contributed by atoms with van der Waals surface area (Å²) in [7, 11) is 0. The number of unbranched alkanes of at least 4 members (excludes halogenated alkanes) is 7. The molecule has 0 amide bonds. The van der Waals surface area contributed by atoms with Gasteiger partial charge in [-0.25, -0.2) is 0 Å². The van der Waals surface area contributed by atoms with Crippen LogP contribution in [0.25, 0.3) is 0 Å². The Morgan fingerprint density at radius 3 is 1.89 bits per heavy atom. The first-order valence-electron chi connectivity index (χ1n) is 8.55. The van der Waals surface area contributed by atoms with E-state index in [1.807, 2.05) is 0 Å². The highest BCUT2D eigenvalue weighted by atomic mass is 16.6. The van der Waals surface area contributed by atoms with Crippen LogP contribution in [0.2, 0.25) is 0 Å². The normalized spacial score (nSPS) is 22.7. The van der Waals surface area contributed by atoms with Gasteiger partial charge in [0.2, 0.25) is 0 Å². The lowest BCUT2D eigenvalue weighted by molar-refractivity contribution is 0.00442. The first-order chi connectivity index (χ1) is 9.18. The molecule has 1 rings (SSSR count). The van der Waals surface area contributed by atoms with Crippen LogP contribution >= 0.6 is 0 Å². The maximum absolute atomic E-state index is 10.3. The fourth-order valence-electron chi connectivity index (χ4n) is 2.97. The minimum Gasteiger partial charge on any atom is -0.387 e. The molecule has 1 aliphatic rings. The summed E-state index contributed by atoms with van der Waals surface area (Å²) in [6.07, 6.45) is 14.1. The van der Waals surface area contributed by atoms with Crippen molar-refractivity contribution in [2.75, 3.05) is 0 Å². The van der Waals surface area contributed by atoms with Crippen LogP contribution in [0, 0.1) is 0 Å². The van der Waals surface area contributed by atoms with E-state index in [0.29, 0.717) is 6.10 Å². The van der Waals surface area contributed by atoms with Gasteiger partial charge in [0.1, 0.15) is 6.10 Å². The molecule has 0 bridgehead atoms. The fraction of sp³-hybridized carbons (Fsp3) is 1.00. The van der Waals surface area contributed by atoms with Crippen LogP contribution in [0.5, 0.6) is 0 Å². The van der Waals surface area contributed by atoms with E-state index in [1.54, 1.807) is 0 Å². The van der Waals surface area contributed by atoms with Crippen LogP contribution in [0.3, 0.4) is 0 Å². The highest BCUT2D eigenvalue weighted by molar-refractivity contribution is 4.99. The smallest absolute Gasteiger partial charge is 0.113 e. The van der Waals surface area contributed by atoms with Crippen molar-refractivity contribution in [2.24, 2.45) is 0 Å². The van der Waals surface area contributed by atoms with Crippen molar-refractivity contribution in [3.8, 4) is 0 Å². The van der Waals surface area contributed by atoms with Crippen LogP contribution in [0.15, 0.2) is 0 Å². The Bertz CT molecular complexity index is 223. The minimum atomic E-state index is -0.565. The molecule has 0 spiro atoms. The van der Waals surface area contributed by atoms with Gasteiger partial charge in [-0.15, -0.1) is 0 Å². The third-order valence-electron chi connectivity index (χ3n) is 4.68. The average molecular weight is 270 g/mol. The number of epoxide rings is 1. The lowest BCUT2D eigenvalue weighted by Crippen LogP contribution is -2.34. The van der Waals surface area contributed by atoms with Crippen LogP contribution in [0.1, 0.15) is 91.4 Å². The van der Waals surface area contributed by atoms with Gasteiger partial charge >= 0.3 is 0 Å². The summed E-state index contributed by atoms with van der Waals surface area (Å²) in [5.74, 6) is 0. The topological polar surface area (TPSA) is 32.8 Å². The van der Waals surface area contributed by atoms with E-state index >= 15 is 0 Å². The molecule has 1 saturated heterocycles. The Balaban J connectivity index is 1.95. The van der Waals surface area contributed by atoms with Gasteiger partial charge in [-0.05, 0) is 19.3 Å². The van der Waals surface area contributed by atoms with Crippen molar-refractivity contribution in [2.45, 2.75) is 109 Å². The highest BCUT2D eigenvalue weighted by Gasteiger charge is 2.51. The molecule has 0 saturated carbocycles. The van der Waals surface area contributed by atoms with E-state index in [-0.39, 0.29) is 6.10 Å². The zero-order valence-electron chi connectivity index (χ0n) is 13.3. The summed E-state index contributed by atoms with van der Waals surface area (Å²) in [6.45, 7) is 6.37. The van der Waals surface area contributed by atoms with Crippen molar-refractivity contribution in [1.29, 1.82) is 0 Å². The Kier molecular flexibility index (Phi) is 8.01. The van der Waals surface area contributed by atoms with Gasteiger partial charge in [0.05, 0.1) is 11.7 Å². The van der Waals surface area contributed by atoms with Gasteiger partial charge in [0, 0.05) is 0 Å². The predicted molar refractivity (Wildman–Crippen MR) is 81.4 cm³/mol. The average Bonchev–Trinajstić information content (AvgIpc) is 3.21. The molecule has 19 heavy (non-hydrogen) atoms. The molecular formula is C17H34O2. The van der Waals surface area contributed by atoms with E-state index in [0.717, 1.165) is 19.3 Å². The van der Waals surface area contributed by atoms with Crippen molar-refractivity contribution < 1.29 is 9.84 Å². The fourth-order valence-corrected chi connectivity index (χ4v) is 2.97. The third kappa shape index (κ3) is 5.83. The molecule has 2 heteroatoms. The maximum Gasteiger partial charge on any atom is 0.113 e. The molecule has 1 aliphatic heterocycles. The summed E-state index contributed by atoms with van der Waals surface area (Å²) >= 11 is 0. The largest absolute Gasteiger partial charge is 0.387 e. The number of ether oxygens (including phenoxy) is 1. The molecule has 0 aromatic rings. The Morgan fingerprint density at radius 1 is 0.842 bits per heavy atom. The SMILES string of the molecule is CCCCCCCCCCC1OC1C(O)(CC)CC. The lowest BCUT2D eigenvalue weighted by atomic mass is 9.90. The molecule has 1 fully saturated rings. The summed E-state index contributed by atoms with van der Waals surface area (Å²) in [5, 5.41) is 10.3. The van der Waals surface area contributed by atoms with Gasteiger partial charge < -0.3 is 9.84 Å². The van der Waals surface area contributed by atoms with E-state index in [4.69, 9.17) is 4.74 Å². The lowest BCUT2D eigenvalue weighted by Gasteiger charge is -2.22.